The lowest BCUT2D eigenvalue weighted by Gasteiger charge is -2.18. The van der Waals surface area contributed by atoms with Crippen LogP contribution in [-0.2, 0) is 14.3 Å². The standard InChI is InChI=1S/C24H26N2O3/c1-5-17(3)21-8-6-7-9-22(21)26-23(27)18(4)29-24(28)20(15-25)14-19-12-10-16(2)11-13-19/h6-14,17-18H,5H2,1-4H3,(H,26,27)/b20-14+/t17-,18+/m0/s1. The molecule has 0 saturated carbocycles. The number of rotatable bonds is 7. The maximum absolute atomic E-state index is 12.5. The summed E-state index contributed by atoms with van der Waals surface area (Å²) in [5.41, 5.74) is 3.35. The molecule has 2 atom stereocenters. The van der Waals surface area contributed by atoms with Gasteiger partial charge in [0.2, 0.25) is 0 Å². The summed E-state index contributed by atoms with van der Waals surface area (Å²) >= 11 is 0. The van der Waals surface area contributed by atoms with Crippen LogP contribution in [0.15, 0.2) is 54.1 Å². The first-order valence-electron chi connectivity index (χ1n) is 9.65. The van der Waals surface area contributed by atoms with Crippen molar-refractivity contribution in [3.05, 3.63) is 70.8 Å². The van der Waals surface area contributed by atoms with Gasteiger partial charge in [-0.05, 0) is 49.5 Å². The third-order valence-corrected chi connectivity index (χ3v) is 4.74. The van der Waals surface area contributed by atoms with Crippen molar-refractivity contribution in [2.75, 3.05) is 5.32 Å². The highest BCUT2D eigenvalue weighted by Gasteiger charge is 2.22. The molecule has 0 heterocycles. The van der Waals surface area contributed by atoms with Gasteiger partial charge in [0.1, 0.15) is 11.6 Å². The minimum absolute atomic E-state index is 0.159. The number of aryl methyl sites for hydroxylation is 1. The summed E-state index contributed by atoms with van der Waals surface area (Å²) in [6.45, 7) is 7.60. The van der Waals surface area contributed by atoms with Crippen molar-refractivity contribution in [3.8, 4) is 6.07 Å². The number of nitrogens with zero attached hydrogens (tertiary/aromatic N) is 1. The van der Waals surface area contributed by atoms with Crippen LogP contribution in [0.4, 0.5) is 5.69 Å². The van der Waals surface area contributed by atoms with Crippen LogP contribution >= 0.6 is 0 Å². The molecule has 0 aliphatic rings. The van der Waals surface area contributed by atoms with Gasteiger partial charge >= 0.3 is 5.97 Å². The molecule has 2 aromatic carbocycles. The molecule has 1 amide bonds. The smallest absolute Gasteiger partial charge is 0.349 e. The van der Waals surface area contributed by atoms with E-state index in [1.54, 1.807) is 0 Å². The molecule has 5 heteroatoms. The van der Waals surface area contributed by atoms with Gasteiger partial charge in [-0.3, -0.25) is 4.79 Å². The Hall–Kier alpha value is -3.39. The number of carbonyl (C=O) groups is 2. The molecule has 0 radical (unpaired) electrons. The lowest BCUT2D eigenvalue weighted by atomic mass is 9.97. The maximum atomic E-state index is 12.5. The van der Waals surface area contributed by atoms with Gasteiger partial charge in [0, 0.05) is 5.69 Å². The van der Waals surface area contributed by atoms with Crippen molar-refractivity contribution >= 4 is 23.6 Å². The molecule has 1 N–H and O–H groups in total. The summed E-state index contributed by atoms with van der Waals surface area (Å²) in [7, 11) is 0. The predicted octanol–water partition coefficient (Wildman–Crippen LogP) is 4.99. The second-order valence-corrected chi connectivity index (χ2v) is 7.01. The van der Waals surface area contributed by atoms with Crippen molar-refractivity contribution in [1.82, 2.24) is 0 Å². The van der Waals surface area contributed by atoms with Crippen LogP contribution in [0.25, 0.3) is 6.08 Å². The zero-order chi connectivity index (χ0) is 21.4. The number of nitrogens with one attached hydrogen (secondary N) is 1. The minimum atomic E-state index is -1.04. The molecule has 0 saturated heterocycles. The highest BCUT2D eigenvalue weighted by molar-refractivity contribution is 6.01. The maximum Gasteiger partial charge on any atom is 0.349 e. The Morgan fingerprint density at radius 3 is 2.41 bits per heavy atom. The van der Waals surface area contributed by atoms with E-state index in [-0.39, 0.29) is 11.5 Å². The Morgan fingerprint density at radius 2 is 1.79 bits per heavy atom. The molecule has 150 valence electrons. The van der Waals surface area contributed by atoms with Gasteiger partial charge in [-0.25, -0.2) is 4.79 Å². The number of para-hydroxylation sites is 1. The fraction of sp³-hybridized carbons (Fsp3) is 0.292. The van der Waals surface area contributed by atoms with Crippen molar-refractivity contribution in [2.45, 2.75) is 46.1 Å². The number of carbonyl (C=O) groups excluding carboxylic acids is 2. The van der Waals surface area contributed by atoms with Gasteiger partial charge in [-0.2, -0.15) is 5.26 Å². The van der Waals surface area contributed by atoms with Crippen LogP contribution in [0.3, 0.4) is 0 Å². The van der Waals surface area contributed by atoms with Crippen molar-refractivity contribution < 1.29 is 14.3 Å². The van der Waals surface area contributed by atoms with Gasteiger partial charge in [-0.15, -0.1) is 0 Å². The number of hydrogen-bond donors (Lipinski definition) is 1. The highest BCUT2D eigenvalue weighted by atomic mass is 16.5. The third kappa shape index (κ3) is 6.05. The summed E-state index contributed by atoms with van der Waals surface area (Å²) in [4.78, 5) is 24.9. The lowest BCUT2D eigenvalue weighted by Crippen LogP contribution is -2.30. The zero-order valence-corrected chi connectivity index (χ0v) is 17.2. The van der Waals surface area contributed by atoms with Crippen LogP contribution < -0.4 is 5.32 Å². The van der Waals surface area contributed by atoms with E-state index >= 15 is 0 Å². The molecule has 0 bridgehead atoms. The van der Waals surface area contributed by atoms with E-state index in [4.69, 9.17) is 4.74 Å². The summed E-state index contributed by atoms with van der Waals surface area (Å²) in [5, 5.41) is 12.1. The number of benzene rings is 2. The van der Waals surface area contributed by atoms with Crippen LogP contribution in [0.1, 0.15) is 49.8 Å². The first-order valence-corrected chi connectivity index (χ1v) is 9.65. The highest BCUT2D eigenvalue weighted by Crippen LogP contribution is 2.26. The second kappa shape index (κ2) is 10.2. The molecule has 0 aliphatic carbocycles. The van der Waals surface area contributed by atoms with E-state index in [0.29, 0.717) is 11.3 Å². The van der Waals surface area contributed by atoms with E-state index in [0.717, 1.165) is 17.5 Å². The van der Waals surface area contributed by atoms with Crippen LogP contribution in [-0.4, -0.2) is 18.0 Å². The average Bonchev–Trinajstić information content (AvgIpc) is 2.72. The first kappa shape index (κ1) is 21.9. The monoisotopic (exact) mass is 390 g/mol. The summed E-state index contributed by atoms with van der Waals surface area (Å²) in [5.74, 6) is -0.986. The molecule has 0 aromatic heterocycles. The number of ether oxygens (including phenoxy) is 1. The normalized spacial score (nSPS) is 13.1. The Morgan fingerprint density at radius 1 is 1.14 bits per heavy atom. The topological polar surface area (TPSA) is 79.2 Å². The van der Waals surface area contributed by atoms with Crippen molar-refractivity contribution in [2.24, 2.45) is 0 Å². The van der Waals surface area contributed by atoms with Crippen molar-refractivity contribution in [1.29, 1.82) is 5.26 Å². The Labute approximate surface area is 172 Å². The van der Waals surface area contributed by atoms with Crippen LogP contribution in [0.5, 0.6) is 0 Å². The number of nitriles is 1. The Balaban J connectivity index is 2.08. The summed E-state index contributed by atoms with van der Waals surface area (Å²) in [6, 6.07) is 16.8. The van der Waals surface area contributed by atoms with Gasteiger partial charge in [0.15, 0.2) is 6.10 Å². The number of anilines is 1. The molecule has 0 fully saturated rings. The molecule has 0 aliphatic heterocycles. The second-order valence-electron chi connectivity index (χ2n) is 7.01. The molecular weight excluding hydrogens is 364 g/mol. The molecular formula is C24H26N2O3. The fourth-order valence-electron chi connectivity index (χ4n) is 2.74. The van der Waals surface area contributed by atoms with Gasteiger partial charge in [0.05, 0.1) is 0 Å². The summed E-state index contributed by atoms with van der Waals surface area (Å²) in [6.07, 6.45) is 1.35. The van der Waals surface area contributed by atoms with E-state index in [1.165, 1.54) is 13.0 Å². The van der Waals surface area contributed by atoms with E-state index in [2.05, 4.69) is 19.2 Å². The van der Waals surface area contributed by atoms with E-state index < -0.39 is 18.0 Å². The van der Waals surface area contributed by atoms with Gasteiger partial charge in [-0.1, -0.05) is 61.9 Å². The third-order valence-electron chi connectivity index (χ3n) is 4.74. The molecule has 29 heavy (non-hydrogen) atoms. The number of esters is 1. The van der Waals surface area contributed by atoms with Crippen molar-refractivity contribution in [3.63, 3.8) is 0 Å². The Kier molecular flexibility index (Phi) is 7.73. The molecule has 0 unspecified atom stereocenters. The largest absolute Gasteiger partial charge is 0.448 e. The van der Waals surface area contributed by atoms with Crippen LogP contribution in [0, 0.1) is 18.3 Å². The van der Waals surface area contributed by atoms with E-state index in [1.807, 2.05) is 61.5 Å². The molecule has 2 rings (SSSR count). The van der Waals surface area contributed by atoms with Crippen LogP contribution in [0.2, 0.25) is 0 Å². The Bertz CT molecular complexity index is 939. The van der Waals surface area contributed by atoms with Gasteiger partial charge in [0.25, 0.3) is 5.91 Å². The number of hydrogen-bond acceptors (Lipinski definition) is 4. The molecule has 5 nitrogen and oxygen atoms in total. The molecule has 2 aromatic rings. The minimum Gasteiger partial charge on any atom is -0.448 e. The first-order chi connectivity index (χ1) is 13.8. The molecule has 0 spiro atoms. The summed E-state index contributed by atoms with van der Waals surface area (Å²) < 4.78 is 5.22. The SMILES string of the molecule is CC[C@H](C)c1ccccc1NC(=O)[C@@H](C)OC(=O)/C(C#N)=C/c1ccc(C)cc1. The predicted molar refractivity (Wildman–Crippen MR) is 114 cm³/mol. The lowest BCUT2D eigenvalue weighted by molar-refractivity contribution is -0.148. The average molecular weight is 390 g/mol. The zero-order valence-electron chi connectivity index (χ0n) is 17.2. The van der Waals surface area contributed by atoms with E-state index in [9.17, 15) is 14.9 Å². The number of amides is 1. The quantitative estimate of drug-likeness (QED) is 0.410. The van der Waals surface area contributed by atoms with Gasteiger partial charge < -0.3 is 10.1 Å². The fourth-order valence-corrected chi connectivity index (χ4v) is 2.74.